The van der Waals surface area contributed by atoms with Gasteiger partial charge in [0.05, 0.1) is 15.2 Å². The number of hydrogen-bond acceptors (Lipinski definition) is 3. The SMILES string of the molecule is Cc1[nH]c2ccccc2c1CC(CN)c1nc2ccccc2s1. The monoisotopic (exact) mass is 321 g/mol. The number of rotatable bonds is 4. The largest absolute Gasteiger partial charge is 0.358 e. The van der Waals surface area contributed by atoms with Crippen molar-refractivity contribution in [3.05, 3.63) is 64.8 Å². The number of para-hydroxylation sites is 2. The quantitative estimate of drug-likeness (QED) is 0.586. The number of aromatic amines is 1. The maximum absolute atomic E-state index is 6.09. The van der Waals surface area contributed by atoms with E-state index < -0.39 is 0 Å². The standard InChI is InChI=1S/C19H19N3S/c1-12-15(14-6-2-3-7-16(14)21-12)10-13(11-20)19-22-17-8-4-5-9-18(17)23-19/h2-9,13,21H,10-11,20H2,1H3. The van der Waals surface area contributed by atoms with Crippen molar-refractivity contribution in [1.82, 2.24) is 9.97 Å². The minimum absolute atomic E-state index is 0.255. The van der Waals surface area contributed by atoms with E-state index in [1.54, 1.807) is 11.3 Å². The lowest BCUT2D eigenvalue weighted by molar-refractivity contribution is 0.690. The van der Waals surface area contributed by atoms with E-state index in [0.29, 0.717) is 6.54 Å². The average Bonchev–Trinajstić information content (AvgIpc) is 3.13. The van der Waals surface area contributed by atoms with Crippen molar-refractivity contribution in [1.29, 1.82) is 0 Å². The number of fused-ring (bicyclic) bond motifs is 2. The third-order valence-corrected chi connectivity index (χ3v) is 5.62. The van der Waals surface area contributed by atoms with Gasteiger partial charge in [0, 0.05) is 29.1 Å². The van der Waals surface area contributed by atoms with Crippen molar-refractivity contribution < 1.29 is 0 Å². The lowest BCUT2D eigenvalue weighted by Gasteiger charge is -2.12. The Balaban J connectivity index is 1.73. The third kappa shape index (κ3) is 2.54. The summed E-state index contributed by atoms with van der Waals surface area (Å²) >= 11 is 1.76. The number of aryl methyl sites for hydroxylation is 1. The van der Waals surface area contributed by atoms with Gasteiger partial charge in [-0.2, -0.15) is 0 Å². The van der Waals surface area contributed by atoms with Crippen LogP contribution >= 0.6 is 11.3 Å². The summed E-state index contributed by atoms with van der Waals surface area (Å²) in [6, 6.07) is 16.8. The molecule has 1 unspecified atom stereocenters. The van der Waals surface area contributed by atoms with Gasteiger partial charge in [0.25, 0.3) is 0 Å². The Morgan fingerprint density at radius 1 is 1.13 bits per heavy atom. The van der Waals surface area contributed by atoms with Crippen LogP contribution in [0, 0.1) is 6.92 Å². The molecule has 2 aromatic heterocycles. The molecule has 23 heavy (non-hydrogen) atoms. The molecule has 0 aliphatic heterocycles. The molecule has 0 saturated heterocycles. The molecule has 116 valence electrons. The summed E-state index contributed by atoms with van der Waals surface area (Å²) in [6.07, 6.45) is 0.923. The van der Waals surface area contributed by atoms with E-state index in [1.807, 2.05) is 6.07 Å². The second-order valence-electron chi connectivity index (χ2n) is 5.93. The van der Waals surface area contributed by atoms with Gasteiger partial charge in [0.2, 0.25) is 0 Å². The molecular weight excluding hydrogens is 302 g/mol. The highest BCUT2D eigenvalue weighted by atomic mass is 32.1. The molecule has 0 spiro atoms. The number of H-pyrrole nitrogens is 1. The first-order chi connectivity index (χ1) is 11.3. The van der Waals surface area contributed by atoms with Gasteiger partial charge in [-0.15, -0.1) is 11.3 Å². The minimum Gasteiger partial charge on any atom is -0.358 e. The molecule has 0 amide bonds. The summed E-state index contributed by atoms with van der Waals surface area (Å²) in [7, 11) is 0. The third-order valence-electron chi connectivity index (χ3n) is 4.42. The van der Waals surface area contributed by atoms with Crippen LogP contribution in [0.2, 0.25) is 0 Å². The molecule has 2 heterocycles. The Bertz CT molecular complexity index is 934. The predicted octanol–water partition coefficient (Wildman–Crippen LogP) is 4.37. The fraction of sp³-hybridized carbons (Fsp3) is 0.211. The summed E-state index contributed by atoms with van der Waals surface area (Å²) in [4.78, 5) is 8.28. The Labute approximate surface area is 139 Å². The van der Waals surface area contributed by atoms with Crippen molar-refractivity contribution in [3.63, 3.8) is 0 Å². The molecule has 3 nitrogen and oxygen atoms in total. The van der Waals surface area contributed by atoms with Crippen LogP contribution in [0.1, 0.15) is 22.2 Å². The Kier molecular flexibility index (Phi) is 3.63. The van der Waals surface area contributed by atoms with Gasteiger partial charge in [0.15, 0.2) is 0 Å². The molecule has 1 atom stereocenters. The van der Waals surface area contributed by atoms with Crippen molar-refractivity contribution in [2.24, 2.45) is 5.73 Å². The summed E-state index contributed by atoms with van der Waals surface area (Å²) in [5.74, 6) is 0.255. The summed E-state index contributed by atoms with van der Waals surface area (Å²) in [5, 5.41) is 2.43. The van der Waals surface area contributed by atoms with E-state index in [0.717, 1.165) is 16.9 Å². The van der Waals surface area contributed by atoms with Gasteiger partial charge < -0.3 is 10.7 Å². The zero-order valence-corrected chi connectivity index (χ0v) is 13.9. The van der Waals surface area contributed by atoms with Crippen molar-refractivity contribution >= 4 is 32.5 Å². The highest BCUT2D eigenvalue weighted by Crippen LogP contribution is 2.32. The lowest BCUT2D eigenvalue weighted by atomic mass is 9.97. The van der Waals surface area contributed by atoms with Crippen molar-refractivity contribution in [2.75, 3.05) is 6.54 Å². The molecule has 4 heteroatoms. The highest BCUT2D eigenvalue weighted by Gasteiger charge is 2.19. The number of nitrogens with zero attached hydrogens (tertiary/aromatic N) is 1. The van der Waals surface area contributed by atoms with Crippen LogP contribution < -0.4 is 5.73 Å². The molecule has 0 aliphatic rings. The molecule has 0 aliphatic carbocycles. The lowest BCUT2D eigenvalue weighted by Crippen LogP contribution is -2.15. The molecule has 0 radical (unpaired) electrons. The van der Waals surface area contributed by atoms with Gasteiger partial charge in [0.1, 0.15) is 0 Å². The van der Waals surface area contributed by atoms with Gasteiger partial charge >= 0.3 is 0 Å². The molecule has 4 aromatic rings. The molecule has 2 aromatic carbocycles. The fourth-order valence-electron chi connectivity index (χ4n) is 3.18. The zero-order chi connectivity index (χ0) is 15.8. The van der Waals surface area contributed by atoms with E-state index in [4.69, 9.17) is 10.7 Å². The number of hydrogen-bond donors (Lipinski definition) is 2. The molecule has 4 rings (SSSR count). The number of thiazole rings is 1. The fourth-order valence-corrected chi connectivity index (χ4v) is 4.26. The van der Waals surface area contributed by atoms with Crippen LogP contribution in [0.3, 0.4) is 0 Å². The van der Waals surface area contributed by atoms with Gasteiger partial charge in [-0.3, -0.25) is 0 Å². The summed E-state index contributed by atoms with van der Waals surface area (Å²) in [5.41, 5.74) is 10.9. The first kappa shape index (κ1) is 14.4. The van der Waals surface area contributed by atoms with Crippen LogP contribution in [0.5, 0.6) is 0 Å². The predicted molar refractivity (Wildman–Crippen MR) is 98.2 cm³/mol. The number of nitrogens with one attached hydrogen (secondary N) is 1. The Morgan fingerprint density at radius 3 is 2.74 bits per heavy atom. The molecular formula is C19H19N3S. The first-order valence-electron chi connectivity index (χ1n) is 7.88. The topological polar surface area (TPSA) is 54.7 Å². The van der Waals surface area contributed by atoms with Gasteiger partial charge in [-0.25, -0.2) is 4.98 Å². The van der Waals surface area contributed by atoms with Crippen LogP contribution in [0.25, 0.3) is 21.1 Å². The van der Waals surface area contributed by atoms with E-state index in [1.165, 1.54) is 26.9 Å². The highest BCUT2D eigenvalue weighted by molar-refractivity contribution is 7.18. The maximum atomic E-state index is 6.09. The normalized spacial score (nSPS) is 13.0. The molecule has 0 bridgehead atoms. The molecule has 0 saturated carbocycles. The molecule has 3 N–H and O–H groups in total. The van der Waals surface area contributed by atoms with E-state index in [-0.39, 0.29) is 5.92 Å². The van der Waals surface area contributed by atoms with Crippen LogP contribution in [0.4, 0.5) is 0 Å². The average molecular weight is 321 g/mol. The Morgan fingerprint density at radius 2 is 1.91 bits per heavy atom. The number of benzene rings is 2. The van der Waals surface area contributed by atoms with E-state index >= 15 is 0 Å². The first-order valence-corrected chi connectivity index (χ1v) is 8.69. The van der Waals surface area contributed by atoms with Crippen LogP contribution in [-0.4, -0.2) is 16.5 Å². The van der Waals surface area contributed by atoms with Crippen molar-refractivity contribution in [2.45, 2.75) is 19.3 Å². The van der Waals surface area contributed by atoms with E-state index in [9.17, 15) is 0 Å². The summed E-state index contributed by atoms with van der Waals surface area (Å²) in [6.45, 7) is 2.75. The van der Waals surface area contributed by atoms with Crippen LogP contribution in [0.15, 0.2) is 48.5 Å². The zero-order valence-electron chi connectivity index (χ0n) is 13.0. The minimum atomic E-state index is 0.255. The van der Waals surface area contributed by atoms with Gasteiger partial charge in [-0.1, -0.05) is 30.3 Å². The van der Waals surface area contributed by atoms with E-state index in [2.05, 4.69) is 54.4 Å². The van der Waals surface area contributed by atoms with Gasteiger partial charge in [-0.05, 0) is 37.1 Å². The Hall–Kier alpha value is -2.17. The number of aromatic nitrogens is 2. The second-order valence-corrected chi connectivity index (χ2v) is 6.99. The summed E-state index contributed by atoms with van der Waals surface area (Å²) < 4.78 is 1.23. The van der Waals surface area contributed by atoms with Crippen LogP contribution in [-0.2, 0) is 6.42 Å². The molecule has 0 fully saturated rings. The smallest absolute Gasteiger partial charge is 0.0985 e. The number of nitrogens with two attached hydrogens (primary N) is 1. The van der Waals surface area contributed by atoms with Crippen molar-refractivity contribution in [3.8, 4) is 0 Å². The second kappa shape index (κ2) is 5.80. The maximum Gasteiger partial charge on any atom is 0.0985 e.